The maximum atomic E-state index is 8.54. The molecule has 0 aromatic heterocycles. The van der Waals surface area contributed by atoms with Crippen molar-refractivity contribution in [2.75, 3.05) is 13.2 Å². The van der Waals surface area contributed by atoms with E-state index in [9.17, 15) is 0 Å². The van der Waals surface area contributed by atoms with Gasteiger partial charge >= 0.3 is 0 Å². The monoisotopic (exact) mass is 317 g/mol. The number of rotatable bonds is 5. The lowest BCUT2D eigenvalue weighted by Crippen LogP contribution is -1.93. The van der Waals surface area contributed by atoms with Crippen molar-refractivity contribution in [3.05, 3.63) is 59.7 Å². The molecule has 0 saturated carbocycles. The molecule has 120 valence electrons. The summed E-state index contributed by atoms with van der Waals surface area (Å²) in [5, 5.41) is 8.54. The van der Waals surface area contributed by atoms with Crippen LogP contribution in [-0.4, -0.2) is 24.5 Å². The molecule has 2 aromatic rings. The summed E-state index contributed by atoms with van der Waals surface area (Å²) in [6.45, 7) is 2.64. The fraction of sp³-hybridized carbons (Fsp3) is 0.190. The number of aliphatic hydroxyl groups is 1. The minimum Gasteiger partial charge on any atom is -0.494 e. The van der Waals surface area contributed by atoms with E-state index < -0.39 is 0 Å². The third-order valence-electron chi connectivity index (χ3n) is 3.02. The summed E-state index contributed by atoms with van der Waals surface area (Å²) in [6, 6.07) is 15.4. The second-order valence-corrected chi connectivity index (χ2v) is 4.93. The molecule has 0 unspecified atom stereocenters. The van der Waals surface area contributed by atoms with Gasteiger partial charge in [0, 0.05) is 11.8 Å². The van der Waals surface area contributed by atoms with E-state index in [-0.39, 0.29) is 6.61 Å². The van der Waals surface area contributed by atoms with Gasteiger partial charge in [-0.25, -0.2) is 0 Å². The Hall–Kier alpha value is -3.01. The van der Waals surface area contributed by atoms with Gasteiger partial charge in [0.05, 0.1) is 12.3 Å². The molecule has 0 radical (unpaired) electrons. The van der Waals surface area contributed by atoms with Gasteiger partial charge < -0.3 is 9.84 Å². The van der Waals surface area contributed by atoms with E-state index in [1.165, 1.54) is 0 Å². The molecule has 1 N–H and O–H groups in total. The number of hydrogen-bond acceptors (Lipinski definition) is 3. The standard InChI is InChI=1S/C21H19NO2/c1-2-16-24-21-13-11-20(12-14-21)22-17-19-9-7-18(8-10-19)6-4-3-5-15-23/h7-14,17,23H,2,15-16H2,1H3. The molecule has 2 aromatic carbocycles. The summed E-state index contributed by atoms with van der Waals surface area (Å²) >= 11 is 0. The molecule has 0 amide bonds. The first-order valence-electron chi connectivity index (χ1n) is 7.78. The second kappa shape index (κ2) is 9.90. The van der Waals surface area contributed by atoms with Gasteiger partial charge in [-0.3, -0.25) is 4.99 Å². The van der Waals surface area contributed by atoms with Crippen molar-refractivity contribution in [3.63, 3.8) is 0 Å². The number of aliphatic hydroxyl groups excluding tert-OH is 1. The summed E-state index contributed by atoms with van der Waals surface area (Å²) in [5.41, 5.74) is 2.74. The molecule has 0 bridgehead atoms. The molecule has 0 aliphatic heterocycles. The summed E-state index contributed by atoms with van der Waals surface area (Å²) in [7, 11) is 0. The molecule has 2 rings (SSSR count). The summed E-state index contributed by atoms with van der Waals surface area (Å²) < 4.78 is 5.55. The van der Waals surface area contributed by atoms with E-state index >= 15 is 0 Å². The normalized spacial score (nSPS) is 9.75. The zero-order chi connectivity index (χ0) is 17.0. The Morgan fingerprint density at radius 2 is 1.79 bits per heavy atom. The van der Waals surface area contributed by atoms with Gasteiger partial charge in [-0.05, 0) is 60.2 Å². The second-order valence-electron chi connectivity index (χ2n) is 4.93. The lowest BCUT2D eigenvalue weighted by Gasteiger charge is -2.03. The van der Waals surface area contributed by atoms with E-state index in [1.807, 2.05) is 54.7 Å². The first kappa shape index (κ1) is 17.3. The average Bonchev–Trinajstić information content (AvgIpc) is 2.64. The molecule has 0 spiro atoms. The van der Waals surface area contributed by atoms with Crippen LogP contribution in [0.15, 0.2) is 53.5 Å². The van der Waals surface area contributed by atoms with Crippen molar-refractivity contribution in [1.29, 1.82) is 0 Å². The minimum absolute atomic E-state index is 0.171. The Morgan fingerprint density at radius 1 is 1.04 bits per heavy atom. The number of hydrogen-bond donors (Lipinski definition) is 1. The van der Waals surface area contributed by atoms with Gasteiger partial charge in [0.25, 0.3) is 0 Å². The average molecular weight is 317 g/mol. The van der Waals surface area contributed by atoms with Crippen LogP contribution in [0.3, 0.4) is 0 Å². The Balaban J connectivity index is 1.97. The van der Waals surface area contributed by atoms with Crippen LogP contribution in [0.4, 0.5) is 5.69 Å². The Kier molecular flexibility index (Phi) is 7.15. The van der Waals surface area contributed by atoms with Crippen LogP contribution in [0.5, 0.6) is 5.75 Å². The van der Waals surface area contributed by atoms with E-state index in [2.05, 4.69) is 35.6 Å². The van der Waals surface area contributed by atoms with Crippen LogP contribution < -0.4 is 4.74 Å². The molecule has 0 saturated heterocycles. The van der Waals surface area contributed by atoms with Crippen LogP contribution in [0.1, 0.15) is 24.5 Å². The van der Waals surface area contributed by atoms with Crippen molar-refractivity contribution in [2.45, 2.75) is 13.3 Å². The fourth-order valence-electron chi connectivity index (χ4n) is 1.84. The van der Waals surface area contributed by atoms with Crippen molar-refractivity contribution in [1.82, 2.24) is 0 Å². The maximum Gasteiger partial charge on any atom is 0.119 e. The van der Waals surface area contributed by atoms with Gasteiger partial charge in [0.1, 0.15) is 12.4 Å². The zero-order valence-electron chi connectivity index (χ0n) is 13.6. The first-order chi connectivity index (χ1) is 11.8. The zero-order valence-corrected chi connectivity index (χ0v) is 13.6. The Labute approximate surface area is 143 Å². The third-order valence-corrected chi connectivity index (χ3v) is 3.02. The molecule has 0 aliphatic carbocycles. The van der Waals surface area contributed by atoms with Crippen LogP contribution in [0.25, 0.3) is 0 Å². The lowest BCUT2D eigenvalue weighted by atomic mass is 10.1. The first-order valence-corrected chi connectivity index (χ1v) is 7.78. The van der Waals surface area contributed by atoms with Crippen LogP contribution in [0, 0.1) is 23.7 Å². The number of benzene rings is 2. The molecule has 0 fully saturated rings. The molecular formula is C21H19NO2. The number of nitrogens with zero attached hydrogens (tertiary/aromatic N) is 1. The predicted octanol–water partition coefficient (Wildman–Crippen LogP) is 3.57. The van der Waals surface area contributed by atoms with E-state index in [0.717, 1.165) is 35.6 Å². The maximum absolute atomic E-state index is 8.54. The van der Waals surface area contributed by atoms with E-state index in [4.69, 9.17) is 9.84 Å². The molecule has 0 aliphatic rings. The minimum atomic E-state index is -0.171. The smallest absolute Gasteiger partial charge is 0.119 e. The highest BCUT2D eigenvalue weighted by molar-refractivity contribution is 5.82. The molecule has 0 heterocycles. The summed E-state index contributed by atoms with van der Waals surface area (Å²) in [6.07, 6.45) is 2.80. The van der Waals surface area contributed by atoms with Crippen LogP contribution >= 0.6 is 0 Å². The van der Waals surface area contributed by atoms with Crippen LogP contribution in [0.2, 0.25) is 0 Å². The molecule has 24 heavy (non-hydrogen) atoms. The van der Waals surface area contributed by atoms with Gasteiger partial charge in [-0.1, -0.05) is 30.9 Å². The molecule has 0 atom stereocenters. The summed E-state index contributed by atoms with van der Waals surface area (Å²) in [4.78, 5) is 4.45. The topological polar surface area (TPSA) is 41.8 Å². The van der Waals surface area contributed by atoms with Crippen molar-refractivity contribution in [3.8, 4) is 29.4 Å². The highest BCUT2D eigenvalue weighted by Crippen LogP contribution is 2.18. The molecular weight excluding hydrogens is 298 g/mol. The quantitative estimate of drug-likeness (QED) is 0.676. The van der Waals surface area contributed by atoms with Gasteiger partial charge in [0.2, 0.25) is 0 Å². The molecule has 3 nitrogen and oxygen atoms in total. The van der Waals surface area contributed by atoms with Crippen molar-refractivity contribution >= 4 is 11.9 Å². The largest absolute Gasteiger partial charge is 0.494 e. The lowest BCUT2D eigenvalue weighted by molar-refractivity contribution is 0.317. The predicted molar refractivity (Wildman–Crippen MR) is 97.7 cm³/mol. The number of ether oxygens (including phenoxy) is 1. The van der Waals surface area contributed by atoms with Crippen molar-refractivity contribution < 1.29 is 9.84 Å². The highest BCUT2D eigenvalue weighted by Gasteiger charge is 1.94. The van der Waals surface area contributed by atoms with Gasteiger partial charge in [-0.15, -0.1) is 0 Å². The van der Waals surface area contributed by atoms with E-state index in [1.54, 1.807) is 0 Å². The van der Waals surface area contributed by atoms with Gasteiger partial charge in [-0.2, -0.15) is 0 Å². The van der Waals surface area contributed by atoms with Crippen LogP contribution in [-0.2, 0) is 0 Å². The van der Waals surface area contributed by atoms with Crippen molar-refractivity contribution in [2.24, 2.45) is 4.99 Å². The van der Waals surface area contributed by atoms with E-state index in [0.29, 0.717) is 0 Å². The number of aliphatic imine (C=N–C) groups is 1. The Morgan fingerprint density at radius 3 is 2.46 bits per heavy atom. The van der Waals surface area contributed by atoms with Gasteiger partial charge in [0.15, 0.2) is 0 Å². The Bertz CT molecular complexity index is 782. The highest BCUT2D eigenvalue weighted by atomic mass is 16.5. The molecule has 3 heteroatoms. The third kappa shape index (κ3) is 6.01. The summed E-state index contributed by atoms with van der Waals surface area (Å²) in [5.74, 6) is 11.5. The SMILES string of the molecule is CCCOc1ccc(N=Cc2ccc(C#CC#CCO)cc2)cc1. The fourth-order valence-corrected chi connectivity index (χ4v) is 1.84.